The van der Waals surface area contributed by atoms with Gasteiger partial charge in [0.2, 0.25) is 5.95 Å². The third-order valence-corrected chi connectivity index (χ3v) is 4.51. The quantitative estimate of drug-likeness (QED) is 0.907. The summed E-state index contributed by atoms with van der Waals surface area (Å²) in [6.45, 7) is 0.571. The molecule has 2 fully saturated rings. The lowest BCUT2D eigenvalue weighted by molar-refractivity contribution is -0.146. The van der Waals surface area contributed by atoms with E-state index in [1.807, 2.05) is 0 Å². The van der Waals surface area contributed by atoms with E-state index in [4.69, 9.17) is 0 Å². The number of halogens is 3. The molecule has 1 aliphatic carbocycles. The number of nitrogens with zero attached hydrogens (tertiary/aromatic N) is 3. The minimum Gasteiger partial charge on any atom is -0.481 e. The van der Waals surface area contributed by atoms with Gasteiger partial charge in [-0.3, -0.25) is 4.79 Å². The first-order valence-electron chi connectivity index (χ1n) is 6.70. The SMILES string of the molecule is O=C(O)[C@@H]1CN(c2nccc(C(F)(F)F)n2)CC12CCC2. The second-order valence-electron chi connectivity index (χ2n) is 5.73. The van der Waals surface area contributed by atoms with Crippen molar-refractivity contribution in [3.05, 3.63) is 18.0 Å². The molecule has 3 rings (SSSR count). The van der Waals surface area contributed by atoms with Crippen LogP contribution in [0.4, 0.5) is 19.1 Å². The number of carboxylic acid groups (broad SMARTS) is 1. The molecule has 1 spiro atoms. The van der Waals surface area contributed by atoms with Gasteiger partial charge in [-0.2, -0.15) is 13.2 Å². The second-order valence-corrected chi connectivity index (χ2v) is 5.73. The lowest BCUT2D eigenvalue weighted by Gasteiger charge is -2.40. The minimum atomic E-state index is -4.53. The largest absolute Gasteiger partial charge is 0.481 e. The van der Waals surface area contributed by atoms with Gasteiger partial charge in [0, 0.05) is 24.7 Å². The van der Waals surface area contributed by atoms with E-state index in [-0.39, 0.29) is 17.9 Å². The van der Waals surface area contributed by atoms with E-state index < -0.39 is 23.8 Å². The highest BCUT2D eigenvalue weighted by atomic mass is 19.4. The van der Waals surface area contributed by atoms with E-state index in [2.05, 4.69) is 9.97 Å². The van der Waals surface area contributed by atoms with Gasteiger partial charge in [-0.25, -0.2) is 9.97 Å². The summed E-state index contributed by atoms with van der Waals surface area (Å²) < 4.78 is 38.1. The molecule has 8 heteroatoms. The Balaban J connectivity index is 1.87. The highest BCUT2D eigenvalue weighted by Crippen LogP contribution is 2.52. The Morgan fingerprint density at radius 1 is 1.43 bits per heavy atom. The molecule has 1 saturated carbocycles. The number of hydrogen-bond donors (Lipinski definition) is 1. The zero-order valence-electron chi connectivity index (χ0n) is 11.1. The summed E-state index contributed by atoms with van der Waals surface area (Å²) >= 11 is 0. The molecular weight excluding hydrogens is 287 g/mol. The zero-order chi connectivity index (χ0) is 15.3. The fourth-order valence-electron chi connectivity index (χ4n) is 3.26. The van der Waals surface area contributed by atoms with Crippen LogP contribution in [0.15, 0.2) is 12.3 Å². The monoisotopic (exact) mass is 301 g/mol. The smallest absolute Gasteiger partial charge is 0.433 e. The predicted octanol–water partition coefficient (Wildman–Crippen LogP) is 2.19. The van der Waals surface area contributed by atoms with Crippen molar-refractivity contribution in [3.8, 4) is 0 Å². The number of carboxylic acids is 1. The maximum absolute atomic E-state index is 12.7. The molecule has 1 N–H and O–H groups in total. The Hall–Kier alpha value is -1.86. The molecule has 0 radical (unpaired) electrons. The first-order valence-corrected chi connectivity index (χ1v) is 6.70. The van der Waals surface area contributed by atoms with Crippen LogP contribution in [0.3, 0.4) is 0 Å². The molecule has 0 unspecified atom stereocenters. The van der Waals surface area contributed by atoms with Gasteiger partial charge >= 0.3 is 12.1 Å². The number of anilines is 1. The number of hydrogen-bond acceptors (Lipinski definition) is 4. The zero-order valence-corrected chi connectivity index (χ0v) is 11.1. The molecule has 0 amide bonds. The van der Waals surface area contributed by atoms with E-state index in [1.54, 1.807) is 4.90 Å². The predicted molar refractivity (Wildman–Crippen MR) is 66.7 cm³/mol. The average molecular weight is 301 g/mol. The van der Waals surface area contributed by atoms with Crippen molar-refractivity contribution in [1.29, 1.82) is 0 Å². The first kappa shape index (κ1) is 14.1. The molecular formula is C13H14F3N3O2. The van der Waals surface area contributed by atoms with Gasteiger partial charge in [-0.15, -0.1) is 0 Å². The summed E-state index contributed by atoms with van der Waals surface area (Å²) in [5.74, 6) is -1.51. The van der Waals surface area contributed by atoms with Gasteiger partial charge in [0.15, 0.2) is 0 Å². The van der Waals surface area contributed by atoms with Gasteiger partial charge in [-0.05, 0) is 18.9 Å². The topological polar surface area (TPSA) is 66.3 Å². The summed E-state index contributed by atoms with van der Waals surface area (Å²) in [6.07, 6.45) is -0.926. The molecule has 1 atom stereocenters. The molecule has 1 aromatic rings. The molecule has 21 heavy (non-hydrogen) atoms. The number of rotatable bonds is 2. The van der Waals surface area contributed by atoms with Gasteiger partial charge in [-0.1, -0.05) is 6.42 Å². The van der Waals surface area contributed by atoms with Crippen LogP contribution in [-0.2, 0) is 11.0 Å². The Morgan fingerprint density at radius 3 is 2.62 bits per heavy atom. The lowest BCUT2D eigenvalue weighted by atomic mass is 9.63. The Morgan fingerprint density at radius 2 is 2.14 bits per heavy atom. The molecule has 2 heterocycles. The molecule has 1 aromatic heterocycles. The van der Waals surface area contributed by atoms with Crippen LogP contribution in [0.2, 0.25) is 0 Å². The maximum atomic E-state index is 12.7. The van der Waals surface area contributed by atoms with Crippen molar-refractivity contribution in [3.63, 3.8) is 0 Å². The fraction of sp³-hybridized carbons (Fsp3) is 0.615. The molecule has 2 aliphatic rings. The highest BCUT2D eigenvalue weighted by molar-refractivity contribution is 5.73. The fourth-order valence-corrected chi connectivity index (χ4v) is 3.26. The first-order chi connectivity index (χ1) is 9.82. The van der Waals surface area contributed by atoms with Crippen LogP contribution in [0.1, 0.15) is 25.0 Å². The minimum absolute atomic E-state index is 0.0418. The lowest BCUT2D eigenvalue weighted by Crippen LogP contribution is -2.40. The maximum Gasteiger partial charge on any atom is 0.433 e. The molecule has 0 bridgehead atoms. The standard InChI is InChI=1S/C13H14F3N3O2/c14-13(15,16)9-2-5-17-11(18-9)19-6-8(10(20)21)12(7-19)3-1-4-12/h2,5,8H,1,3-4,6-7H2,(H,20,21)/t8-/m0/s1. The molecule has 1 saturated heterocycles. The van der Waals surface area contributed by atoms with E-state index >= 15 is 0 Å². The van der Waals surface area contributed by atoms with Gasteiger partial charge in [0.05, 0.1) is 5.92 Å². The summed E-state index contributed by atoms with van der Waals surface area (Å²) in [7, 11) is 0. The van der Waals surface area contributed by atoms with Crippen LogP contribution >= 0.6 is 0 Å². The van der Waals surface area contributed by atoms with Crippen molar-refractivity contribution >= 4 is 11.9 Å². The van der Waals surface area contributed by atoms with Crippen LogP contribution < -0.4 is 4.90 Å². The third kappa shape index (κ3) is 2.32. The van der Waals surface area contributed by atoms with Crippen LogP contribution in [0.5, 0.6) is 0 Å². The third-order valence-electron chi connectivity index (χ3n) is 4.51. The molecule has 5 nitrogen and oxygen atoms in total. The highest BCUT2D eigenvalue weighted by Gasteiger charge is 2.54. The molecule has 1 aliphatic heterocycles. The van der Waals surface area contributed by atoms with Gasteiger partial charge < -0.3 is 10.0 Å². The van der Waals surface area contributed by atoms with E-state index in [1.165, 1.54) is 0 Å². The van der Waals surface area contributed by atoms with Crippen molar-refractivity contribution < 1.29 is 23.1 Å². The van der Waals surface area contributed by atoms with E-state index in [9.17, 15) is 23.1 Å². The average Bonchev–Trinajstić information content (AvgIpc) is 2.78. The summed E-state index contributed by atoms with van der Waals surface area (Å²) in [5.41, 5.74) is -1.34. The van der Waals surface area contributed by atoms with Crippen LogP contribution in [0, 0.1) is 11.3 Å². The molecule has 114 valence electrons. The van der Waals surface area contributed by atoms with Crippen LogP contribution in [0.25, 0.3) is 0 Å². The van der Waals surface area contributed by atoms with Crippen molar-refractivity contribution in [1.82, 2.24) is 9.97 Å². The van der Waals surface area contributed by atoms with E-state index in [0.717, 1.165) is 31.5 Å². The Kier molecular flexibility index (Phi) is 3.07. The number of aromatic nitrogens is 2. The number of carbonyl (C=O) groups is 1. The number of aliphatic carboxylic acids is 1. The van der Waals surface area contributed by atoms with Gasteiger partial charge in [0.25, 0.3) is 0 Å². The second kappa shape index (κ2) is 4.57. The van der Waals surface area contributed by atoms with Gasteiger partial charge in [0.1, 0.15) is 5.69 Å². The van der Waals surface area contributed by atoms with Crippen molar-refractivity contribution in [2.75, 3.05) is 18.0 Å². The van der Waals surface area contributed by atoms with Crippen molar-refractivity contribution in [2.45, 2.75) is 25.4 Å². The Bertz CT molecular complexity index is 572. The van der Waals surface area contributed by atoms with Crippen molar-refractivity contribution in [2.24, 2.45) is 11.3 Å². The summed E-state index contributed by atoms with van der Waals surface area (Å²) in [5, 5.41) is 9.31. The summed E-state index contributed by atoms with van der Waals surface area (Å²) in [6, 6.07) is 0.813. The summed E-state index contributed by atoms with van der Waals surface area (Å²) in [4.78, 5) is 20.3. The molecule has 0 aromatic carbocycles. The van der Waals surface area contributed by atoms with E-state index in [0.29, 0.717) is 6.54 Å². The number of alkyl halides is 3. The van der Waals surface area contributed by atoms with Crippen LogP contribution in [-0.4, -0.2) is 34.1 Å². The Labute approximate surface area is 118 Å². The normalized spacial score (nSPS) is 24.1.